The van der Waals surface area contributed by atoms with Crippen LogP contribution in [0.5, 0.6) is 0 Å². The predicted octanol–water partition coefficient (Wildman–Crippen LogP) is 4.66. The topological polar surface area (TPSA) is 106 Å². The smallest absolute Gasteiger partial charge is 0.355 e. The van der Waals surface area contributed by atoms with Gasteiger partial charge in [0.15, 0.2) is 5.65 Å². The first-order chi connectivity index (χ1) is 19.3. The van der Waals surface area contributed by atoms with Crippen LogP contribution >= 0.6 is 0 Å². The van der Waals surface area contributed by atoms with Crippen LogP contribution in [0.3, 0.4) is 0 Å². The molecule has 1 saturated carbocycles. The lowest BCUT2D eigenvalue weighted by Crippen LogP contribution is -2.47. The number of imidazole rings is 1. The number of nitrogens with one attached hydrogen (secondary N) is 2. The van der Waals surface area contributed by atoms with Crippen molar-refractivity contribution < 1.29 is 31.5 Å². The predicted molar refractivity (Wildman–Crippen MR) is 137 cm³/mol. The van der Waals surface area contributed by atoms with E-state index < -0.39 is 48.3 Å². The zero-order chi connectivity index (χ0) is 29.5. The summed E-state index contributed by atoms with van der Waals surface area (Å²) in [4.78, 5) is 30.2. The molecule has 0 spiro atoms. The van der Waals surface area contributed by atoms with Crippen LogP contribution in [0.2, 0.25) is 0 Å². The zero-order valence-corrected chi connectivity index (χ0v) is 22.7. The lowest BCUT2D eigenvalue weighted by Gasteiger charge is -2.33. The molecule has 1 aliphatic carbocycles. The van der Waals surface area contributed by atoms with Crippen molar-refractivity contribution in [3.63, 3.8) is 0 Å². The minimum absolute atomic E-state index is 0.0128. The number of aromatic nitrogens is 5. The highest BCUT2D eigenvalue weighted by Gasteiger charge is 2.45. The van der Waals surface area contributed by atoms with Crippen LogP contribution in [0.25, 0.3) is 5.65 Å². The van der Waals surface area contributed by atoms with Crippen molar-refractivity contribution in [1.82, 2.24) is 35.0 Å². The van der Waals surface area contributed by atoms with Gasteiger partial charge in [0.1, 0.15) is 5.69 Å². The molecule has 2 amide bonds. The van der Waals surface area contributed by atoms with Gasteiger partial charge >= 0.3 is 6.18 Å². The standard InChI is InChI=1S/C27H32F5N7O2/c1-15(2)39-21(7-10-34-39)25(41)36-23(16-5-8-26(28,29)9-6-16)20-14-38-22(35-20)4-3-19(37-38)12-17-11-18(27(30,31)32)13-33-24(17)40/h3-4,7,10,14-18,23H,5-6,8-9,11-13H2,1-2H3,(H,33,40)(H,36,41)/t17?,18-,23?/m1/s1. The van der Waals surface area contributed by atoms with Gasteiger partial charge in [-0.1, -0.05) is 0 Å². The summed E-state index contributed by atoms with van der Waals surface area (Å²) in [5, 5.41) is 14.0. The fraction of sp³-hybridized carbons (Fsp3) is 0.593. The van der Waals surface area contributed by atoms with Crippen LogP contribution in [0.1, 0.15) is 79.9 Å². The average Bonchev–Trinajstić information content (AvgIpc) is 3.55. The summed E-state index contributed by atoms with van der Waals surface area (Å²) < 4.78 is 70.7. The Morgan fingerprint density at radius 2 is 1.93 bits per heavy atom. The molecule has 14 heteroatoms. The summed E-state index contributed by atoms with van der Waals surface area (Å²) in [6.07, 6.45) is -1.83. The molecule has 5 rings (SSSR count). The number of hydrogen-bond donors (Lipinski definition) is 2. The third kappa shape index (κ3) is 6.35. The minimum atomic E-state index is -4.40. The number of piperidine rings is 1. The van der Waals surface area contributed by atoms with Crippen molar-refractivity contribution in [2.24, 2.45) is 17.8 Å². The Morgan fingerprint density at radius 3 is 2.61 bits per heavy atom. The second-order valence-electron chi connectivity index (χ2n) is 11.3. The first-order valence-electron chi connectivity index (χ1n) is 13.7. The molecule has 3 atom stereocenters. The van der Waals surface area contributed by atoms with Crippen molar-refractivity contribution >= 4 is 17.5 Å². The zero-order valence-electron chi connectivity index (χ0n) is 22.7. The quantitative estimate of drug-likeness (QED) is 0.395. The van der Waals surface area contributed by atoms with Crippen molar-refractivity contribution in [3.05, 3.63) is 47.7 Å². The van der Waals surface area contributed by atoms with Gasteiger partial charge < -0.3 is 10.6 Å². The number of carbonyl (C=O) groups excluding carboxylic acids is 2. The van der Waals surface area contributed by atoms with Crippen LogP contribution in [0.15, 0.2) is 30.6 Å². The Kier molecular flexibility index (Phi) is 7.77. The molecule has 2 N–H and O–H groups in total. The van der Waals surface area contributed by atoms with E-state index in [1.807, 2.05) is 13.8 Å². The van der Waals surface area contributed by atoms with Gasteiger partial charge in [-0.15, -0.1) is 0 Å². The summed E-state index contributed by atoms with van der Waals surface area (Å²) in [7, 11) is 0. The van der Waals surface area contributed by atoms with Gasteiger partial charge in [0.25, 0.3) is 5.91 Å². The normalized spacial score (nSPS) is 22.6. The summed E-state index contributed by atoms with van der Waals surface area (Å²) >= 11 is 0. The Hall–Kier alpha value is -3.58. The molecule has 3 aromatic heterocycles. The summed E-state index contributed by atoms with van der Waals surface area (Å²) in [6.45, 7) is 3.33. The van der Waals surface area contributed by atoms with E-state index >= 15 is 0 Å². The van der Waals surface area contributed by atoms with Gasteiger partial charge in [-0.05, 0) is 57.2 Å². The number of amides is 2. The van der Waals surface area contributed by atoms with Gasteiger partial charge in [-0.25, -0.2) is 18.3 Å². The lowest BCUT2D eigenvalue weighted by atomic mass is 9.81. The van der Waals surface area contributed by atoms with Crippen molar-refractivity contribution in [2.75, 3.05) is 6.54 Å². The number of rotatable bonds is 7. The molecule has 4 heterocycles. The maximum absolute atomic E-state index is 14.0. The monoisotopic (exact) mass is 581 g/mol. The van der Waals surface area contributed by atoms with Gasteiger partial charge in [0.2, 0.25) is 11.8 Å². The number of alkyl halides is 5. The Morgan fingerprint density at radius 1 is 1.20 bits per heavy atom. The number of halogens is 5. The summed E-state index contributed by atoms with van der Waals surface area (Å²) in [6, 6.07) is 4.06. The largest absolute Gasteiger partial charge is 0.393 e. The number of carbonyl (C=O) groups is 2. The van der Waals surface area contributed by atoms with E-state index in [0.717, 1.165) is 0 Å². The minimum Gasteiger partial charge on any atom is -0.355 e. The van der Waals surface area contributed by atoms with E-state index in [2.05, 4.69) is 25.8 Å². The summed E-state index contributed by atoms with van der Waals surface area (Å²) in [5.74, 6) is -6.42. The maximum atomic E-state index is 14.0. The highest BCUT2D eigenvalue weighted by molar-refractivity contribution is 5.92. The molecule has 222 valence electrons. The molecule has 0 aromatic carbocycles. The molecule has 9 nitrogen and oxygen atoms in total. The van der Waals surface area contributed by atoms with Crippen LogP contribution in [-0.4, -0.2) is 54.8 Å². The molecule has 41 heavy (non-hydrogen) atoms. The Bertz CT molecular complexity index is 1410. The molecular formula is C27H32F5N7O2. The van der Waals surface area contributed by atoms with Gasteiger partial charge in [-0.3, -0.25) is 14.3 Å². The molecule has 3 aromatic rings. The van der Waals surface area contributed by atoms with E-state index in [1.54, 1.807) is 29.1 Å². The van der Waals surface area contributed by atoms with Crippen LogP contribution in [0, 0.1) is 17.8 Å². The highest BCUT2D eigenvalue weighted by atomic mass is 19.4. The second kappa shape index (κ2) is 11.0. The van der Waals surface area contributed by atoms with E-state index in [1.165, 1.54) is 10.7 Å². The average molecular weight is 582 g/mol. The molecule has 2 aliphatic rings. The Labute approximate surface area is 232 Å². The van der Waals surface area contributed by atoms with E-state index in [0.29, 0.717) is 22.7 Å². The van der Waals surface area contributed by atoms with E-state index in [-0.39, 0.29) is 50.5 Å². The third-order valence-corrected chi connectivity index (χ3v) is 8.01. The van der Waals surface area contributed by atoms with Crippen molar-refractivity contribution in [1.29, 1.82) is 0 Å². The first kappa shape index (κ1) is 28.9. The van der Waals surface area contributed by atoms with Crippen LogP contribution in [-0.2, 0) is 11.2 Å². The number of nitrogens with zero attached hydrogens (tertiary/aromatic N) is 5. The molecule has 1 saturated heterocycles. The second-order valence-corrected chi connectivity index (χ2v) is 11.3. The van der Waals surface area contributed by atoms with Crippen LogP contribution in [0.4, 0.5) is 22.0 Å². The van der Waals surface area contributed by atoms with Gasteiger partial charge in [0, 0.05) is 44.0 Å². The highest BCUT2D eigenvalue weighted by Crippen LogP contribution is 2.41. The fourth-order valence-electron chi connectivity index (χ4n) is 5.73. The SMILES string of the molecule is CC(C)n1nccc1C(=O)NC(c1cn2nc(CC3C[C@@H](C(F)(F)F)CNC3=O)ccc2n1)C1CCC(F)(F)CC1. The third-order valence-electron chi connectivity index (χ3n) is 8.01. The molecule has 0 radical (unpaired) electrons. The molecule has 0 bridgehead atoms. The molecular weight excluding hydrogens is 549 g/mol. The molecule has 2 fully saturated rings. The van der Waals surface area contributed by atoms with Gasteiger partial charge in [-0.2, -0.15) is 23.4 Å². The van der Waals surface area contributed by atoms with E-state index in [9.17, 15) is 31.5 Å². The van der Waals surface area contributed by atoms with E-state index in [4.69, 9.17) is 0 Å². The van der Waals surface area contributed by atoms with Crippen molar-refractivity contribution in [3.8, 4) is 0 Å². The van der Waals surface area contributed by atoms with Crippen LogP contribution < -0.4 is 10.6 Å². The number of hydrogen-bond acceptors (Lipinski definition) is 5. The molecule has 1 aliphatic heterocycles. The lowest BCUT2D eigenvalue weighted by molar-refractivity contribution is -0.183. The fourth-order valence-corrected chi connectivity index (χ4v) is 5.73. The first-order valence-corrected chi connectivity index (χ1v) is 13.7. The molecule has 2 unspecified atom stereocenters. The maximum Gasteiger partial charge on any atom is 0.393 e. The number of fused-ring (bicyclic) bond motifs is 1. The Balaban J connectivity index is 1.40. The summed E-state index contributed by atoms with van der Waals surface area (Å²) in [5.41, 5.74) is 1.58. The van der Waals surface area contributed by atoms with Gasteiger partial charge in [0.05, 0.1) is 29.5 Å². The van der Waals surface area contributed by atoms with Crippen molar-refractivity contribution in [2.45, 2.75) is 76.6 Å².